The molecule has 1 heteroatoms. The van der Waals surface area contributed by atoms with E-state index in [9.17, 15) is 0 Å². The Hall–Kier alpha value is -0.690. The van der Waals surface area contributed by atoms with Crippen LogP contribution < -0.4 is 0 Å². The Balaban J connectivity index is 2.84. The molecular formula is C12H16S. The SMILES string of the molecule is C/C=C1/SC=CC/C1=C/C=C(C)C. The van der Waals surface area contributed by atoms with Crippen molar-refractivity contribution < 1.29 is 0 Å². The molecule has 1 aliphatic rings. The van der Waals surface area contributed by atoms with Gasteiger partial charge in [0, 0.05) is 4.91 Å². The monoisotopic (exact) mass is 192 g/mol. The van der Waals surface area contributed by atoms with Gasteiger partial charge in [0.1, 0.15) is 0 Å². The van der Waals surface area contributed by atoms with Gasteiger partial charge < -0.3 is 0 Å². The molecule has 0 radical (unpaired) electrons. The van der Waals surface area contributed by atoms with Crippen molar-refractivity contribution in [3.8, 4) is 0 Å². The molecule has 70 valence electrons. The number of allylic oxidation sites excluding steroid dienone is 6. The minimum atomic E-state index is 1.07. The highest BCUT2D eigenvalue weighted by Crippen LogP contribution is 2.32. The lowest BCUT2D eigenvalue weighted by atomic mass is 10.1. The first kappa shape index (κ1) is 10.4. The molecule has 0 fully saturated rings. The minimum Gasteiger partial charge on any atom is -0.0984 e. The summed E-state index contributed by atoms with van der Waals surface area (Å²) in [7, 11) is 0. The van der Waals surface area contributed by atoms with E-state index in [0.717, 1.165) is 6.42 Å². The van der Waals surface area contributed by atoms with Gasteiger partial charge in [-0.3, -0.25) is 0 Å². The lowest BCUT2D eigenvalue weighted by molar-refractivity contribution is 1.26. The van der Waals surface area contributed by atoms with E-state index < -0.39 is 0 Å². The summed E-state index contributed by atoms with van der Waals surface area (Å²) in [5.41, 5.74) is 2.78. The molecule has 0 spiro atoms. The van der Waals surface area contributed by atoms with Crippen LogP contribution in [0.3, 0.4) is 0 Å². The summed E-state index contributed by atoms with van der Waals surface area (Å²) >= 11 is 1.81. The van der Waals surface area contributed by atoms with Gasteiger partial charge in [0.25, 0.3) is 0 Å². The zero-order chi connectivity index (χ0) is 9.68. The van der Waals surface area contributed by atoms with Gasteiger partial charge in [0.05, 0.1) is 0 Å². The van der Waals surface area contributed by atoms with E-state index in [-0.39, 0.29) is 0 Å². The third-order valence-corrected chi connectivity index (χ3v) is 2.91. The van der Waals surface area contributed by atoms with Crippen molar-refractivity contribution in [3.05, 3.63) is 45.8 Å². The van der Waals surface area contributed by atoms with Crippen molar-refractivity contribution >= 4 is 11.8 Å². The molecule has 1 rings (SSSR count). The molecule has 1 aliphatic heterocycles. The highest BCUT2D eigenvalue weighted by atomic mass is 32.2. The largest absolute Gasteiger partial charge is 0.0984 e. The first-order chi connectivity index (χ1) is 6.24. The van der Waals surface area contributed by atoms with Crippen LogP contribution in [0.4, 0.5) is 0 Å². The summed E-state index contributed by atoms with van der Waals surface area (Å²) < 4.78 is 0. The van der Waals surface area contributed by atoms with Gasteiger partial charge in [-0.05, 0) is 38.2 Å². The van der Waals surface area contributed by atoms with Crippen LogP contribution in [0.15, 0.2) is 45.8 Å². The maximum absolute atomic E-state index is 2.22. The Morgan fingerprint density at radius 3 is 2.85 bits per heavy atom. The topological polar surface area (TPSA) is 0 Å². The maximum Gasteiger partial charge on any atom is 0.0108 e. The predicted molar refractivity (Wildman–Crippen MR) is 62.6 cm³/mol. The summed E-state index contributed by atoms with van der Waals surface area (Å²) in [4.78, 5) is 1.39. The fourth-order valence-electron chi connectivity index (χ4n) is 1.14. The fraction of sp³-hybridized carbons (Fsp3) is 0.333. The van der Waals surface area contributed by atoms with Crippen LogP contribution in [-0.2, 0) is 0 Å². The summed E-state index contributed by atoms with van der Waals surface area (Å²) in [5.74, 6) is 0. The van der Waals surface area contributed by atoms with E-state index in [0.29, 0.717) is 0 Å². The van der Waals surface area contributed by atoms with Crippen molar-refractivity contribution in [2.75, 3.05) is 0 Å². The van der Waals surface area contributed by atoms with Crippen LogP contribution in [0.1, 0.15) is 27.2 Å². The average Bonchev–Trinajstić information content (AvgIpc) is 2.15. The zero-order valence-corrected chi connectivity index (χ0v) is 9.32. The van der Waals surface area contributed by atoms with Gasteiger partial charge >= 0.3 is 0 Å². The highest BCUT2D eigenvalue weighted by molar-refractivity contribution is 8.06. The molecule has 0 aromatic heterocycles. The van der Waals surface area contributed by atoms with E-state index in [1.807, 2.05) is 0 Å². The standard InChI is InChI=1S/C12H16S/c1-4-12-11(6-5-9-13-12)8-7-10(2)3/h4-5,7-9H,6H2,1-3H3/b11-8-,12-4+. The second-order valence-corrected chi connectivity index (χ2v) is 4.23. The quantitative estimate of drug-likeness (QED) is 0.592. The van der Waals surface area contributed by atoms with Crippen molar-refractivity contribution in [2.45, 2.75) is 27.2 Å². The average molecular weight is 192 g/mol. The Bertz CT molecular complexity index is 286. The first-order valence-electron chi connectivity index (χ1n) is 4.56. The summed E-state index contributed by atoms with van der Waals surface area (Å²) in [5, 5.41) is 2.16. The Morgan fingerprint density at radius 2 is 2.23 bits per heavy atom. The number of thioether (sulfide) groups is 1. The van der Waals surface area contributed by atoms with Gasteiger partial charge in [-0.2, -0.15) is 0 Å². The molecule has 0 bridgehead atoms. The predicted octanol–water partition coefficient (Wildman–Crippen LogP) is 4.43. The molecule has 0 unspecified atom stereocenters. The Labute approximate surface area is 85.1 Å². The van der Waals surface area contributed by atoms with Crippen LogP contribution in [-0.4, -0.2) is 0 Å². The molecule has 0 amide bonds. The fourth-order valence-corrected chi connectivity index (χ4v) is 1.92. The van der Waals surface area contributed by atoms with Crippen LogP contribution in [0.2, 0.25) is 0 Å². The van der Waals surface area contributed by atoms with E-state index in [1.165, 1.54) is 16.1 Å². The van der Waals surface area contributed by atoms with Gasteiger partial charge in [-0.15, -0.1) is 0 Å². The Morgan fingerprint density at radius 1 is 1.46 bits per heavy atom. The van der Waals surface area contributed by atoms with Crippen LogP contribution >= 0.6 is 11.8 Å². The smallest absolute Gasteiger partial charge is 0.0108 e. The molecule has 0 atom stereocenters. The molecule has 0 nitrogen and oxygen atoms in total. The molecule has 0 N–H and O–H groups in total. The molecule has 0 saturated heterocycles. The number of rotatable bonds is 1. The third kappa shape index (κ3) is 3.27. The van der Waals surface area contributed by atoms with Gasteiger partial charge in [-0.25, -0.2) is 0 Å². The summed E-state index contributed by atoms with van der Waals surface area (Å²) in [6.45, 7) is 6.34. The lowest BCUT2D eigenvalue weighted by Crippen LogP contribution is -1.87. The number of hydrogen-bond donors (Lipinski definition) is 0. The highest BCUT2D eigenvalue weighted by Gasteiger charge is 2.05. The zero-order valence-electron chi connectivity index (χ0n) is 8.50. The van der Waals surface area contributed by atoms with Crippen LogP contribution in [0.5, 0.6) is 0 Å². The normalized spacial score (nSPS) is 22.4. The molecule has 0 aliphatic carbocycles. The third-order valence-electron chi connectivity index (χ3n) is 1.83. The molecule has 0 aromatic carbocycles. The van der Waals surface area contributed by atoms with Crippen molar-refractivity contribution in [3.63, 3.8) is 0 Å². The van der Waals surface area contributed by atoms with E-state index in [2.05, 4.69) is 50.5 Å². The lowest BCUT2D eigenvalue weighted by Gasteiger charge is -2.11. The van der Waals surface area contributed by atoms with Gasteiger partial charge in [0.15, 0.2) is 0 Å². The molecule has 0 saturated carbocycles. The maximum atomic E-state index is 2.22. The van der Waals surface area contributed by atoms with Crippen molar-refractivity contribution in [1.82, 2.24) is 0 Å². The van der Waals surface area contributed by atoms with Crippen LogP contribution in [0, 0.1) is 0 Å². The summed E-state index contributed by atoms with van der Waals surface area (Å²) in [6.07, 6.45) is 9.86. The van der Waals surface area contributed by atoms with E-state index >= 15 is 0 Å². The van der Waals surface area contributed by atoms with E-state index in [1.54, 1.807) is 11.8 Å². The first-order valence-corrected chi connectivity index (χ1v) is 5.44. The molecular weight excluding hydrogens is 176 g/mol. The molecule has 0 aromatic rings. The number of hydrogen-bond acceptors (Lipinski definition) is 1. The Kier molecular flexibility index (Phi) is 4.10. The summed E-state index contributed by atoms with van der Waals surface area (Å²) in [6, 6.07) is 0. The molecule has 1 heterocycles. The van der Waals surface area contributed by atoms with Gasteiger partial charge in [0.2, 0.25) is 0 Å². The van der Waals surface area contributed by atoms with Gasteiger partial charge in [-0.1, -0.05) is 41.6 Å². The van der Waals surface area contributed by atoms with E-state index in [4.69, 9.17) is 0 Å². The second-order valence-electron chi connectivity index (χ2n) is 3.28. The van der Waals surface area contributed by atoms with Crippen molar-refractivity contribution in [1.29, 1.82) is 0 Å². The molecule has 13 heavy (non-hydrogen) atoms. The second kappa shape index (κ2) is 5.13. The van der Waals surface area contributed by atoms with Crippen molar-refractivity contribution in [2.24, 2.45) is 0 Å². The minimum absolute atomic E-state index is 1.07. The van der Waals surface area contributed by atoms with Crippen LogP contribution in [0.25, 0.3) is 0 Å².